The van der Waals surface area contributed by atoms with Crippen LogP contribution in [0.15, 0.2) is 30.3 Å². The van der Waals surface area contributed by atoms with Gasteiger partial charge in [-0.05, 0) is 18.4 Å². The van der Waals surface area contributed by atoms with Crippen molar-refractivity contribution in [1.29, 1.82) is 0 Å². The first-order chi connectivity index (χ1) is 8.43. The fourth-order valence-corrected chi connectivity index (χ4v) is 3.36. The number of hydrogen-bond acceptors (Lipinski definition) is 2. The Kier molecular flexibility index (Phi) is 3.44. The first kappa shape index (κ1) is 11.2. The Balaban J connectivity index is 1.69. The van der Waals surface area contributed by atoms with Crippen LogP contribution in [0.25, 0.3) is 0 Å². The lowest BCUT2D eigenvalue weighted by Gasteiger charge is -2.44. The molecule has 0 aromatic heterocycles. The summed E-state index contributed by atoms with van der Waals surface area (Å²) < 4.78 is 0. The predicted octanol–water partition coefficient (Wildman–Crippen LogP) is 2.40. The molecule has 1 aromatic rings. The van der Waals surface area contributed by atoms with Crippen molar-refractivity contribution in [3.8, 4) is 0 Å². The molecule has 2 fully saturated rings. The number of rotatable bonds is 2. The summed E-state index contributed by atoms with van der Waals surface area (Å²) in [5.41, 5.74) is 1.46. The van der Waals surface area contributed by atoms with E-state index in [1.165, 1.54) is 37.8 Å². The first-order valence-electron chi connectivity index (χ1n) is 6.95. The van der Waals surface area contributed by atoms with Gasteiger partial charge in [-0.25, -0.2) is 0 Å². The number of fused-ring (bicyclic) bond motifs is 1. The summed E-state index contributed by atoms with van der Waals surface area (Å²) in [6.07, 6.45) is 5.57. The molecule has 0 unspecified atom stereocenters. The molecule has 1 saturated carbocycles. The van der Waals surface area contributed by atoms with Crippen LogP contribution < -0.4 is 5.32 Å². The van der Waals surface area contributed by atoms with Crippen molar-refractivity contribution in [2.45, 2.75) is 44.3 Å². The van der Waals surface area contributed by atoms with Crippen LogP contribution in [0.5, 0.6) is 0 Å². The molecule has 17 heavy (non-hydrogen) atoms. The summed E-state index contributed by atoms with van der Waals surface area (Å²) in [5.74, 6) is 0. The zero-order valence-corrected chi connectivity index (χ0v) is 10.4. The van der Waals surface area contributed by atoms with Gasteiger partial charge in [-0.1, -0.05) is 43.2 Å². The molecule has 0 spiro atoms. The van der Waals surface area contributed by atoms with E-state index in [0.717, 1.165) is 25.2 Å². The molecule has 1 aromatic carbocycles. The van der Waals surface area contributed by atoms with Gasteiger partial charge >= 0.3 is 0 Å². The second-order valence-corrected chi connectivity index (χ2v) is 5.37. The van der Waals surface area contributed by atoms with Crippen molar-refractivity contribution in [2.24, 2.45) is 0 Å². The zero-order chi connectivity index (χ0) is 11.5. The molecule has 92 valence electrons. The summed E-state index contributed by atoms with van der Waals surface area (Å²) in [4.78, 5) is 2.69. The molecule has 1 heterocycles. The van der Waals surface area contributed by atoms with E-state index in [9.17, 15) is 0 Å². The van der Waals surface area contributed by atoms with Crippen LogP contribution in [-0.4, -0.2) is 30.1 Å². The molecule has 3 rings (SSSR count). The average Bonchev–Trinajstić information content (AvgIpc) is 2.40. The fourth-order valence-electron chi connectivity index (χ4n) is 3.36. The summed E-state index contributed by atoms with van der Waals surface area (Å²) in [6, 6.07) is 12.4. The van der Waals surface area contributed by atoms with Gasteiger partial charge in [-0.15, -0.1) is 0 Å². The number of nitrogens with zero attached hydrogens (tertiary/aromatic N) is 1. The molecule has 0 radical (unpaired) electrons. The maximum absolute atomic E-state index is 3.70. The average molecular weight is 230 g/mol. The number of nitrogens with one attached hydrogen (secondary N) is 1. The standard InChI is InChI=1S/C15H22N2/c1-2-6-13(7-3-1)12-17-11-10-16-14-8-4-5-9-15(14)17/h1-3,6-7,14-16H,4-5,8-12H2/t14-,15-/m1/s1. The van der Waals surface area contributed by atoms with Gasteiger partial charge in [-0.3, -0.25) is 4.90 Å². The molecule has 1 aliphatic carbocycles. The van der Waals surface area contributed by atoms with E-state index in [1.54, 1.807) is 0 Å². The van der Waals surface area contributed by atoms with Gasteiger partial charge in [0.15, 0.2) is 0 Å². The molecule has 0 amide bonds. The lowest BCUT2D eigenvalue weighted by molar-refractivity contribution is 0.0815. The van der Waals surface area contributed by atoms with Crippen LogP contribution >= 0.6 is 0 Å². The Morgan fingerprint density at radius 3 is 2.82 bits per heavy atom. The normalized spacial score (nSPS) is 29.9. The molecular formula is C15H22N2. The molecule has 1 aliphatic heterocycles. The van der Waals surface area contributed by atoms with E-state index in [4.69, 9.17) is 0 Å². The summed E-state index contributed by atoms with van der Waals surface area (Å²) in [7, 11) is 0. The fraction of sp³-hybridized carbons (Fsp3) is 0.600. The number of benzene rings is 1. The third-order valence-corrected chi connectivity index (χ3v) is 4.23. The number of hydrogen-bond donors (Lipinski definition) is 1. The van der Waals surface area contributed by atoms with Crippen molar-refractivity contribution in [3.63, 3.8) is 0 Å². The maximum atomic E-state index is 3.70. The monoisotopic (exact) mass is 230 g/mol. The Bertz CT molecular complexity index is 347. The quantitative estimate of drug-likeness (QED) is 0.839. The minimum absolute atomic E-state index is 0.751. The molecule has 2 atom stereocenters. The van der Waals surface area contributed by atoms with Crippen LogP contribution in [0.1, 0.15) is 31.2 Å². The zero-order valence-electron chi connectivity index (χ0n) is 10.4. The minimum atomic E-state index is 0.751. The number of piperazine rings is 1. The van der Waals surface area contributed by atoms with Gasteiger partial charge in [0.05, 0.1) is 0 Å². The smallest absolute Gasteiger partial charge is 0.0253 e. The second kappa shape index (κ2) is 5.19. The first-order valence-corrected chi connectivity index (χ1v) is 6.95. The lowest BCUT2D eigenvalue weighted by Crippen LogP contribution is -2.58. The molecule has 2 heteroatoms. The van der Waals surface area contributed by atoms with Crippen LogP contribution in [0.4, 0.5) is 0 Å². The maximum Gasteiger partial charge on any atom is 0.0253 e. The summed E-state index contributed by atoms with van der Waals surface area (Å²) in [5, 5.41) is 3.70. The molecule has 1 N–H and O–H groups in total. The highest BCUT2D eigenvalue weighted by Gasteiger charge is 2.32. The predicted molar refractivity (Wildman–Crippen MR) is 70.9 cm³/mol. The van der Waals surface area contributed by atoms with Gasteiger partial charge in [0.25, 0.3) is 0 Å². The van der Waals surface area contributed by atoms with Gasteiger partial charge < -0.3 is 5.32 Å². The third-order valence-electron chi connectivity index (χ3n) is 4.23. The van der Waals surface area contributed by atoms with Crippen molar-refractivity contribution >= 4 is 0 Å². The highest BCUT2D eigenvalue weighted by molar-refractivity contribution is 5.15. The highest BCUT2D eigenvalue weighted by Crippen LogP contribution is 2.26. The molecule has 2 nitrogen and oxygen atoms in total. The van der Waals surface area contributed by atoms with Crippen LogP contribution in [0, 0.1) is 0 Å². The summed E-state index contributed by atoms with van der Waals surface area (Å²) in [6.45, 7) is 3.49. The Labute approximate surface area is 104 Å². The lowest BCUT2D eigenvalue weighted by atomic mass is 9.87. The van der Waals surface area contributed by atoms with Gasteiger partial charge in [-0.2, -0.15) is 0 Å². The molecule has 0 bridgehead atoms. The van der Waals surface area contributed by atoms with E-state index < -0.39 is 0 Å². The van der Waals surface area contributed by atoms with Crippen molar-refractivity contribution < 1.29 is 0 Å². The van der Waals surface area contributed by atoms with Crippen LogP contribution in [-0.2, 0) is 6.54 Å². The topological polar surface area (TPSA) is 15.3 Å². The van der Waals surface area contributed by atoms with Crippen molar-refractivity contribution in [1.82, 2.24) is 10.2 Å². The van der Waals surface area contributed by atoms with Crippen molar-refractivity contribution in [2.75, 3.05) is 13.1 Å². The molecule has 1 saturated heterocycles. The highest BCUT2D eigenvalue weighted by atomic mass is 15.2. The van der Waals surface area contributed by atoms with E-state index in [1.807, 2.05) is 0 Å². The second-order valence-electron chi connectivity index (χ2n) is 5.37. The Morgan fingerprint density at radius 1 is 1.12 bits per heavy atom. The van der Waals surface area contributed by atoms with Gasteiger partial charge in [0.2, 0.25) is 0 Å². The van der Waals surface area contributed by atoms with E-state index in [2.05, 4.69) is 40.5 Å². The van der Waals surface area contributed by atoms with E-state index in [-0.39, 0.29) is 0 Å². The molecular weight excluding hydrogens is 208 g/mol. The Hall–Kier alpha value is -0.860. The minimum Gasteiger partial charge on any atom is -0.311 e. The molecule has 2 aliphatic rings. The third kappa shape index (κ3) is 2.53. The van der Waals surface area contributed by atoms with E-state index >= 15 is 0 Å². The largest absolute Gasteiger partial charge is 0.311 e. The van der Waals surface area contributed by atoms with Crippen LogP contribution in [0.2, 0.25) is 0 Å². The van der Waals surface area contributed by atoms with E-state index in [0.29, 0.717) is 0 Å². The SMILES string of the molecule is c1ccc(CN2CCN[C@@H]3CCCC[C@H]32)cc1. The van der Waals surface area contributed by atoms with Gasteiger partial charge in [0.1, 0.15) is 0 Å². The Morgan fingerprint density at radius 2 is 1.94 bits per heavy atom. The van der Waals surface area contributed by atoms with Gasteiger partial charge in [0, 0.05) is 31.7 Å². The van der Waals surface area contributed by atoms with Crippen molar-refractivity contribution in [3.05, 3.63) is 35.9 Å². The van der Waals surface area contributed by atoms with Crippen LogP contribution in [0.3, 0.4) is 0 Å². The summed E-state index contributed by atoms with van der Waals surface area (Å²) >= 11 is 0.